The van der Waals surface area contributed by atoms with E-state index in [-0.39, 0.29) is 11.8 Å². The molecule has 22 heavy (non-hydrogen) atoms. The first-order valence-electron chi connectivity index (χ1n) is 6.97. The number of aliphatic hydroxyl groups is 1. The number of ether oxygens (including phenoxy) is 1. The molecule has 2 aliphatic rings. The summed E-state index contributed by atoms with van der Waals surface area (Å²) in [6.45, 7) is 2.10. The highest BCUT2D eigenvalue weighted by atomic mass is 19.4. The zero-order chi connectivity index (χ0) is 16.3. The second kappa shape index (κ2) is 4.89. The first-order valence-corrected chi connectivity index (χ1v) is 6.97. The molecule has 9 heteroatoms. The van der Waals surface area contributed by atoms with Crippen LogP contribution >= 0.6 is 0 Å². The lowest BCUT2D eigenvalue weighted by atomic mass is 10.0. The second-order valence-electron chi connectivity index (χ2n) is 5.85. The van der Waals surface area contributed by atoms with Crippen LogP contribution in [0.2, 0.25) is 0 Å². The van der Waals surface area contributed by atoms with Crippen LogP contribution in [0.4, 0.5) is 22.0 Å². The molecule has 124 valence electrons. The van der Waals surface area contributed by atoms with Gasteiger partial charge in [-0.2, -0.15) is 18.3 Å². The van der Waals surface area contributed by atoms with E-state index in [1.807, 2.05) is 0 Å². The van der Waals surface area contributed by atoms with Gasteiger partial charge in [0.25, 0.3) is 5.92 Å². The lowest BCUT2D eigenvalue weighted by Gasteiger charge is -2.28. The van der Waals surface area contributed by atoms with E-state index >= 15 is 0 Å². The molecule has 0 saturated carbocycles. The number of aliphatic hydroxyl groups excluding tert-OH is 1. The molecular weight excluding hydrogens is 311 g/mol. The zero-order valence-corrected chi connectivity index (χ0v) is 11.7. The Bertz CT molecular complexity index is 584. The van der Waals surface area contributed by atoms with Gasteiger partial charge in [0.05, 0.1) is 24.3 Å². The maximum Gasteiger partial charge on any atom is 0.435 e. The third kappa shape index (κ3) is 2.40. The van der Waals surface area contributed by atoms with Crippen molar-refractivity contribution in [1.29, 1.82) is 0 Å². The van der Waals surface area contributed by atoms with Crippen LogP contribution in [0.25, 0.3) is 0 Å². The summed E-state index contributed by atoms with van der Waals surface area (Å²) in [6, 6.07) is -0.435. The van der Waals surface area contributed by atoms with Crippen molar-refractivity contribution in [2.45, 2.75) is 56.5 Å². The average Bonchev–Trinajstić information content (AvgIpc) is 2.85. The van der Waals surface area contributed by atoms with Gasteiger partial charge in [0.1, 0.15) is 6.10 Å². The van der Waals surface area contributed by atoms with Crippen LogP contribution in [0.1, 0.15) is 48.9 Å². The Balaban J connectivity index is 2.08. The number of rotatable bonds is 1. The van der Waals surface area contributed by atoms with Gasteiger partial charge in [0.2, 0.25) is 0 Å². The highest BCUT2D eigenvalue weighted by Crippen LogP contribution is 2.49. The van der Waals surface area contributed by atoms with Crippen molar-refractivity contribution < 1.29 is 31.8 Å². The number of nitrogens with zero attached hydrogens (tertiary/aromatic N) is 2. The minimum absolute atomic E-state index is 0.181. The summed E-state index contributed by atoms with van der Waals surface area (Å²) < 4.78 is 72.9. The molecule has 1 aliphatic heterocycles. The molecule has 0 bridgehead atoms. The van der Waals surface area contributed by atoms with Crippen LogP contribution in [-0.2, 0) is 17.3 Å². The molecular formula is C13H15F5N2O2. The maximum atomic E-state index is 13.7. The van der Waals surface area contributed by atoms with Crippen molar-refractivity contribution in [3.8, 4) is 0 Å². The summed E-state index contributed by atoms with van der Waals surface area (Å²) in [5.41, 5.74) is -2.41. The third-order valence-corrected chi connectivity index (χ3v) is 4.20. The lowest BCUT2D eigenvalue weighted by molar-refractivity contribution is -0.146. The first kappa shape index (κ1) is 15.7. The molecule has 1 aromatic heterocycles. The molecule has 1 aliphatic carbocycles. The van der Waals surface area contributed by atoms with Gasteiger partial charge in [-0.3, -0.25) is 4.68 Å². The Morgan fingerprint density at radius 2 is 2.05 bits per heavy atom. The summed E-state index contributed by atoms with van der Waals surface area (Å²) in [6.07, 6.45) is -7.67. The maximum absolute atomic E-state index is 13.7. The zero-order valence-electron chi connectivity index (χ0n) is 11.7. The standard InChI is InChI=1S/C13H15F5N2O2/c1-6-4-7(2-3-22-6)20-8-5-12(14,15)11(21)9(8)10(19-20)13(16,17)18/h6-7,11,21H,2-5H2,1H3/t6-,7+,11+/m1/s1. The minimum atomic E-state index is -4.88. The SMILES string of the molecule is C[C@@H]1C[C@@H](n2nc(C(F)(F)F)c3c2CC(F)(F)[C@H]3O)CCO1. The molecule has 0 unspecified atom stereocenters. The van der Waals surface area contributed by atoms with Gasteiger partial charge in [-0.15, -0.1) is 0 Å². The van der Waals surface area contributed by atoms with E-state index in [2.05, 4.69) is 5.10 Å². The van der Waals surface area contributed by atoms with Crippen molar-refractivity contribution in [3.63, 3.8) is 0 Å². The van der Waals surface area contributed by atoms with E-state index in [0.717, 1.165) is 4.68 Å². The van der Waals surface area contributed by atoms with Crippen molar-refractivity contribution in [1.82, 2.24) is 9.78 Å². The average molecular weight is 326 g/mol. The summed E-state index contributed by atoms with van der Waals surface area (Å²) in [4.78, 5) is 0. The van der Waals surface area contributed by atoms with E-state index in [0.29, 0.717) is 19.4 Å². The smallest absolute Gasteiger partial charge is 0.382 e. The fourth-order valence-corrected chi connectivity index (χ4v) is 3.18. The molecule has 0 radical (unpaired) electrons. The summed E-state index contributed by atoms with van der Waals surface area (Å²) in [5.74, 6) is -3.61. The van der Waals surface area contributed by atoms with Crippen molar-refractivity contribution in [3.05, 3.63) is 17.0 Å². The van der Waals surface area contributed by atoms with E-state index < -0.39 is 41.9 Å². The number of fused-ring (bicyclic) bond motifs is 1. The van der Waals surface area contributed by atoms with Crippen LogP contribution in [0.15, 0.2) is 0 Å². The van der Waals surface area contributed by atoms with E-state index in [4.69, 9.17) is 4.74 Å². The number of hydrogen-bond acceptors (Lipinski definition) is 3. The van der Waals surface area contributed by atoms with Crippen LogP contribution in [-0.4, -0.2) is 33.5 Å². The van der Waals surface area contributed by atoms with Crippen molar-refractivity contribution in [2.75, 3.05) is 6.61 Å². The van der Waals surface area contributed by atoms with Gasteiger partial charge in [0.15, 0.2) is 5.69 Å². The van der Waals surface area contributed by atoms with Gasteiger partial charge in [0, 0.05) is 12.2 Å². The number of alkyl halides is 5. The summed E-state index contributed by atoms with van der Waals surface area (Å²) >= 11 is 0. The van der Waals surface area contributed by atoms with Crippen LogP contribution in [0.3, 0.4) is 0 Å². The molecule has 0 spiro atoms. The van der Waals surface area contributed by atoms with E-state index in [1.165, 1.54) is 0 Å². The fraction of sp³-hybridized carbons (Fsp3) is 0.769. The fourth-order valence-electron chi connectivity index (χ4n) is 3.18. The molecule has 3 atom stereocenters. The third-order valence-electron chi connectivity index (χ3n) is 4.20. The molecule has 1 fully saturated rings. The molecule has 1 saturated heterocycles. The Labute approximate surface area is 122 Å². The van der Waals surface area contributed by atoms with E-state index in [9.17, 15) is 27.1 Å². The largest absolute Gasteiger partial charge is 0.435 e. The Hall–Kier alpha value is -1.22. The molecule has 1 aromatic rings. The van der Waals surface area contributed by atoms with Crippen molar-refractivity contribution >= 4 is 0 Å². The molecule has 0 aromatic carbocycles. The highest BCUT2D eigenvalue weighted by molar-refractivity contribution is 5.38. The topological polar surface area (TPSA) is 47.3 Å². The molecule has 0 amide bonds. The first-order chi connectivity index (χ1) is 10.1. The van der Waals surface area contributed by atoms with Crippen LogP contribution in [0.5, 0.6) is 0 Å². The Morgan fingerprint density at radius 1 is 1.36 bits per heavy atom. The van der Waals surface area contributed by atoms with Crippen LogP contribution < -0.4 is 0 Å². The molecule has 4 nitrogen and oxygen atoms in total. The molecule has 2 heterocycles. The second-order valence-corrected chi connectivity index (χ2v) is 5.85. The predicted octanol–water partition coefficient (Wildman–Crippen LogP) is 2.87. The van der Waals surface area contributed by atoms with E-state index in [1.54, 1.807) is 6.92 Å². The van der Waals surface area contributed by atoms with Crippen LogP contribution in [0, 0.1) is 0 Å². The number of aromatic nitrogens is 2. The normalized spacial score (nSPS) is 31.3. The molecule has 1 N–H and O–H groups in total. The van der Waals surface area contributed by atoms with Gasteiger partial charge in [-0.05, 0) is 19.8 Å². The molecule has 3 rings (SSSR count). The van der Waals surface area contributed by atoms with Gasteiger partial charge in [-0.1, -0.05) is 0 Å². The summed E-state index contributed by atoms with van der Waals surface area (Å²) in [7, 11) is 0. The quantitative estimate of drug-likeness (QED) is 0.807. The summed E-state index contributed by atoms with van der Waals surface area (Å²) in [5, 5.41) is 13.1. The highest BCUT2D eigenvalue weighted by Gasteiger charge is 2.55. The minimum Gasteiger partial charge on any atom is -0.382 e. The van der Waals surface area contributed by atoms with Gasteiger partial charge >= 0.3 is 6.18 Å². The number of halogens is 5. The van der Waals surface area contributed by atoms with Gasteiger partial charge < -0.3 is 9.84 Å². The lowest BCUT2D eigenvalue weighted by Crippen LogP contribution is -2.29. The monoisotopic (exact) mass is 326 g/mol. The number of hydrogen-bond donors (Lipinski definition) is 1. The Kier molecular flexibility index (Phi) is 3.48. The van der Waals surface area contributed by atoms with Crippen molar-refractivity contribution in [2.24, 2.45) is 0 Å². The Morgan fingerprint density at radius 3 is 2.64 bits per heavy atom. The van der Waals surface area contributed by atoms with Gasteiger partial charge in [-0.25, -0.2) is 8.78 Å². The predicted molar refractivity (Wildman–Crippen MR) is 64.5 cm³/mol.